The molecule has 13 heavy (non-hydrogen) atoms. The molecule has 3 rings (SSSR count). The van der Waals surface area contributed by atoms with E-state index in [-0.39, 0.29) is 0 Å². The van der Waals surface area contributed by atoms with Crippen molar-refractivity contribution in [3.05, 3.63) is 12.2 Å². The molecular formula is C12H16O. The van der Waals surface area contributed by atoms with E-state index in [0.29, 0.717) is 23.5 Å². The molecular weight excluding hydrogens is 160 g/mol. The van der Waals surface area contributed by atoms with Crippen molar-refractivity contribution in [1.82, 2.24) is 0 Å². The Morgan fingerprint density at radius 1 is 1.38 bits per heavy atom. The summed E-state index contributed by atoms with van der Waals surface area (Å²) < 4.78 is 0. The van der Waals surface area contributed by atoms with Crippen molar-refractivity contribution in [3.63, 3.8) is 0 Å². The van der Waals surface area contributed by atoms with Gasteiger partial charge in [0.25, 0.3) is 0 Å². The Bertz CT molecular complexity index is 279. The van der Waals surface area contributed by atoms with E-state index >= 15 is 0 Å². The zero-order valence-corrected chi connectivity index (χ0v) is 8.07. The van der Waals surface area contributed by atoms with Gasteiger partial charge in [-0.3, -0.25) is 4.79 Å². The van der Waals surface area contributed by atoms with Crippen molar-refractivity contribution in [2.45, 2.75) is 26.2 Å². The second-order valence-corrected chi connectivity index (χ2v) is 5.06. The van der Waals surface area contributed by atoms with Crippen LogP contribution in [-0.4, -0.2) is 5.78 Å². The molecule has 0 radical (unpaired) electrons. The van der Waals surface area contributed by atoms with Crippen molar-refractivity contribution in [2.24, 2.45) is 29.6 Å². The van der Waals surface area contributed by atoms with Gasteiger partial charge < -0.3 is 0 Å². The predicted molar refractivity (Wildman–Crippen MR) is 51.1 cm³/mol. The van der Waals surface area contributed by atoms with E-state index in [4.69, 9.17) is 0 Å². The van der Waals surface area contributed by atoms with Crippen LogP contribution in [0.3, 0.4) is 0 Å². The average Bonchev–Trinajstić information content (AvgIpc) is 2.58. The number of carbonyl (C=O) groups excluding carboxylic acids is 1. The van der Waals surface area contributed by atoms with Crippen LogP contribution in [0.15, 0.2) is 12.2 Å². The Morgan fingerprint density at radius 3 is 3.08 bits per heavy atom. The highest BCUT2D eigenvalue weighted by Crippen LogP contribution is 2.54. The molecule has 0 spiro atoms. The highest BCUT2D eigenvalue weighted by atomic mass is 16.1. The van der Waals surface area contributed by atoms with Gasteiger partial charge in [-0.1, -0.05) is 19.1 Å². The van der Waals surface area contributed by atoms with Gasteiger partial charge in [0.2, 0.25) is 0 Å². The Morgan fingerprint density at radius 2 is 2.23 bits per heavy atom. The van der Waals surface area contributed by atoms with Gasteiger partial charge in [-0.05, 0) is 36.5 Å². The van der Waals surface area contributed by atoms with Crippen molar-refractivity contribution in [2.75, 3.05) is 0 Å². The van der Waals surface area contributed by atoms with Crippen LogP contribution >= 0.6 is 0 Å². The lowest BCUT2D eigenvalue weighted by Gasteiger charge is -2.26. The molecule has 3 aliphatic rings. The maximum absolute atomic E-state index is 11.8. The van der Waals surface area contributed by atoms with Crippen LogP contribution in [0, 0.1) is 29.6 Å². The molecule has 1 heteroatoms. The molecule has 2 bridgehead atoms. The minimum absolute atomic E-state index is 0.407. The lowest BCUT2D eigenvalue weighted by Crippen LogP contribution is -2.25. The molecule has 3 aliphatic carbocycles. The van der Waals surface area contributed by atoms with E-state index in [1.807, 2.05) is 0 Å². The normalized spacial score (nSPS) is 52.7. The van der Waals surface area contributed by atoms with Crippen molar-refractivity contribution < 1.29 is 4.79 Å². The average molecular weight is 176 g/mol. The number of ketones is 1. The van der Waals surface area contributed by atoms with E-state index < -0.39 is 0 Å². The van der Waals surface area contributed by atoms with Crippen molar-refractivity contribution >= 4 is 5.78 Å². The summed E-state index contributed by atoms with van der Waals surface area (Å²) >= 11 is 0. The fourth-order valence-electron chi connectivity index (χ4n) is 3.83. The van der Waals surface area contributed by atoms with Gasteiger partial charge in [0.15, 0.2) is 0 Å². The zero-order chi connectivity index (χ0) is 9.00. The summed E-state index contributed by atoms with van der Waals surface area (Å²) in [5, 5.41) is 0. The zero-order valence-electron chi connectivity index (χ0n) is 8.07. The van der Waals surface area contributed by atoms with Crippen molar-refractivity contribution in [1.29, 1.82) is 0 Å². The Balaban J connectivity index is 1.98. The third-order valence-electron chi connectivity index (χ3n) is 4.47. The summed E-state index contributed by atoms with van der Waals surface area (Å²) in [4.78, 5) is 11.8. The van der Waals surface area contributed by atoms with Crippen LogP contribution in [0.1, 0.15) is 26.2 Å². The summed E-state index contributed by atoms with van der Waals surface area (Å²) in [6.45, 7) is 2.26. The number of allylic oxidation sites excluding steroid dienone is 2. The van der Waals surface area contributed by atoms with E-state index in [2.05, 4.69) is 19.1 Å². The fourth-order valence-corrected chi connectivity index (χ4v) is 3.83. The molecule has 0 N–H and O–H groups in total. The summed E-state index contributed by atoms with van der Waals surface area (Å²) in [6.07, 6.45) is 7.89. The van der Waals surface area contributed by atoms with E-state index in [0.717, 1.165) is 18.3 Å². The van der Waals surface area contributed by atoms with Gasteiger partial charge in [-0.25, -0.2) is 0 Å². The predicted octanol–water partition coefficient (Wildman–Crippen LogP) is 2.42. The van der Waals surface area contributed by atoms with Crippen LogP contribution < -0.4 is 0 Å². The molecule has 0 aromatic rings. The van der Waals surface area contributed by atoms with Gasteiger partial charge in [0, 0.05) is 12.3 Å². The van der Waals surface area contributed by atoms with Gasteiger partial charge in [0.1, 0.15) is 5.78 Å². The van der Waals surface area contributed by atoms with Crippen molar-refractivity contribution in [3.8, 4) is 0 Å². The molecule has 0 unspecified atom stereocenters. The lowest BCUT2D eigenvalue weighted by atomic mass is 9.77. The second-order valence-electron chi connectivity index (χ2n) is 5.06. The first-order valence-corrected chi connectivity index (χ1v) is 5.46. The lowest BCUT2D eigenvalue weighted by molar-refractivity contribution is -0.125. The quantitative estimate of drug-likeness (QED) is 0.518. The number of carbonyl (C=O) groups is 1. The Hall–Kier alpha value is -0.590. The highest BCUT2D eigenvalue weighted by molar-refractivity contribution is 5.83. The molecule has 5 atom stereocenters. The molecule has 0 heterocycles. The van der Waals surface area contributed by atoms with Crippen LogP contribution in [0.2, 0.25) is 0 Å². The standard InChI is InChI=1S/C12H16O/c1-7-5-12(13)11-6-10(7)8-3-2-4-9(8)11/h2,4,7-11H,3,5-6H2,1H3/t7-,8-,9+,10+,11+/m0/s1. The highest BCUT2D eigenvalue weighted by Gasteiger charge is 2.51. The third kappa shape index (κ3) is 0.905. The number of fused-ring (bicyclic) bond motifs is 5. The summed E-state index contributed by atoms with van der Waals surface area (Å²) in [5.41, 5.74) is 0. The van der Waals surface area contributed by atoms with E-state index in [1.165, 1.54) is 12.8 Å². The summed E-state index contributed by atoms with van der Waals surface area (Å²) in [5.74, 6) is 3.91. The maximum atomic E-state index is 11.8. The second kappa shape index (κ2) is 2.46. The number of hydrogen-bond acceptors (Lipinski definition) is 1. The van der Waals surface area contributed by atoms with Gasteiger partial charge in [-0.2, -0.15) is 0 Å². The van der Waals surface area contributed by atoms with E-state index in [9.17, 15) is 4.79 Å². The SMILES string of the molecule is C[C@H]1CC(=O)[C@@H]2C[C@H]1[C@H]1CC=C[C@H]12. The molecule has 0 saturated heterocycles. The van der Waals surface area contributed by atoms with E-state index in [1.54, 1.807) is 0 Å². The first kappa shape index (κ1) is 7.78. The Kier molecular flexibility index (Phi) is 1.47. The fraction of sp³-hybridized carbons (Fsp3) is 0.750. The largest absolute Gasteiger partial charge is 0.299 e. The van der Waals surface area contributed by atoms with Crippen LogP contribution in [0.5, 0.6) is 0 Å². The van der Waals surface area contributed by atoms with Gasteiger partial charge >= 0.3 is 0 Å². The molecule has 0 aromatic carbocycles. The first-order chi connectivity index (χ1) is 6.27. The number of Topliss-reactive ketones (excluding diaryl/α,β-unsaturated/α-hetero) is 1. The molecule has 2 saturated carbocycles. The number of hydrogen-bond donors (Lipinski definition) is 0. The van der Waals surface area contributed by atoms with Gasteiger partial charge in [-0.15, -0.1) is 0 Å². The first-order valence-electron chi connectivity index (χ1n) is 5.46. The molecule has 0 aliphatic heterocycles. The smallest absolute Gasteiger partial charge is 0.136 e. The van der Waals surface area contributed by atoms with Gasteiger partial charge in [0.05, 0.1) is 0 Å². The molecule has 2 fully saturated rings. The minimum Gasteiger partial charge on any atom is -0.299 e. The molecule has 0 aromatic heterocycles. The topological polar surface area (TPSA) is 17.1 Å². The number of rotatable bonds is 0. The molecule has 1 nitrogen and oxygen atoms in total. The van der Waals surface area contributed by atoms with Crippen LogP contribution in [0.25, 0.3) is 0 Å². The summed E-state index contributed by atoms with van der Waals surface area (Å²) in [7, 11) is 0. The maximum Gasteiger partial charge on any atom is 0.136 e. The minimum atomic E-state index is 0.407. The molecule has 0 amide bonds. The van der Waals surface area contributed by atoms with Crippen LogP contribution in [0.4, 0.5) is 0 Å². The van der Waals surface area contributed by atoms with Crippen LogP contribution in [-0.2, 0) is 4.79 Å². The third-order valence-corrected chi connectivity index (χ3v) is 4.47. The monoisotopic (exact) mass is 176 g/mol. The Labute approximate surface area is 79.2 Å². The molecule has 70 valence electrons. The summed E-state index contributed by atoms with van der Waals surface area (Å²) in [6, 6.07) is 0.